The Morgan fingerprint density at radius 2 is 1.72 bits per heavy atom. The highest BCUT2D eigenvalue weighted by molar-refractivity contribution is 6.91. The van der Waals surface area contributed by atoms with Gasteiger partial charge in [-0.25, -0.2) is 0 Å². The number of esters is 1. The van der Waals surface area contributed by atoms with Gasteiger partial charge in [0.2, 0.25) is 5.91 Å². The van der Waals surface area contributed by atoms with Gasteiger partial charge in [0.15, 0.2) is 5.60 Å². The van der Waals surface area contributed by atoms with Crippen molar-refractivity contribution in [2.24, 2.45) is 5.92 Å². The van der Waals surface area contributed by atoms with Crippen molar-refractivity contribution in [3.63, 3.8) is 0 Å². The second-order valence-electron chi connectivity index (χ2n) is 16.4. The molecule has 5 atom stereocenters. The van der Waals surface area contributed by atoms with E-state index in [4.69, 9.17) is 14.2 Å². The molecule has 8 rings (SSSR count). The van der Waals surface area contributed by atoms with Crippen LogP contribution in [0.4, 0.5) is 17.1 Å². The van der Waals surface area contributed by atoms with Crippen LogP contribution in [0.2, 0.25) is 18.6 Å². The van der Waals surface area contributed by atoms with E-state index in [1.807, 2.05) is 66.7 Å². The third-order valence-electron chi connectivity index (χ3n) is 13.2. The third kappa shape index (κ3) is 6.24. The minimum absolute atomic E-state index is 0.0726. The highest BCUT2D eigenvalue weighted by Crippen LogP contribution is 2.61. The normalized spacial score (nSPS) is 23.9. The van der Waals surface area contributed by atoms with Gasteiger partial charge >= 0.3 is 5.97 Å². The fourth-order valence-electron chi connectivity index (χ4n) is 10.3. The smallest absolute Gasteiger partial charge is 0.305 e. The van der Waals surface area contributed by atoms with Gasteiger partial charge in [0.05, 0.1) is 64.4 Å². The average molecular weight is 790 g/mol. The van der Waals surface area contributed by atoms with Crippen molar-refractivity contribution in [2.45, 2.75) is 81.8 Å². The molecule has 4 aliphatic rings. The number of hydrogen-bond acceptors (Lipinski definition) is 8. The van der Waals surface area contributed by atoms with Crippen LogP contribution >= 0.6 is 0 Å². The number of benzene rings is 4. The van der Waals surface area contributed by atoms with E-state index in [-0.39, 0.29) is 60.6 Å². The highest BCUT2D eigenvalue weighted by atomic mass is 28.3. The average Bonchev–Trinajstić information content (AvgIpc) is 3.95. The van der Waals surface area contributed by atoms with Crippen LogP contribution in [0.5, 0.6) is 5.75 Å². The van der Waals surface area contributed by atoms with Gasteiger partial charge in [0.1, 0.15) is 5.75 Å². The molecule has 1 N–H and O–H groups in total. The number of amides is 3. The van der Waals surface area contributed by atoms with Gasteiger partial charge in [-0.15, -0.1) is 0 Å². The molecule has 0 aromatic heterocycles. The summed E-state index contributed by atoms with van der Waals surface area (Å²) in [6.45, 7) is 7.48. The quantitative estimate of drug-likeness (QED) is 0.0991. The number of carbonyl (C=O) groups is 4. The van der Waals surface area contributed by atoms with E-state index in [1.54, 1.807) is 21.8 Å². The highest BCUT2D eigenvalue weighted by Gasteiger charge is 2.66. The summed E-state index contributed by atoms with van der Waals surface area (Å²) in [4.78, 5) is 61.1. The van der Waals surface area contributed by atoms with E-state index in [0.717, 1.165) is 40.2 Å². The van der Waals surface area contributed by atoms with E-state index < -0.39 is 19.8 Å². The fraction of sp³-hybridized carbons (Fsp3) is 0.422. The predicted octanol–water partition coefficient (Wildman–Crippen LogP) is 6.42. The first kappa shape index (κ1) is 38.8. The Labute approximate surface area is 334 Å². The molecule has 298 valence electrons. The summed E-state index contributed by atoms with van der Waals surface area (Å²) >= 11 is 0. The molecular weight excluding hydrogens is 739 g/mol. The van der Waals surface area contributed by atoms with Crippen molar-refractivity contribution >= 4 is 64.8 Å². The zero-order valence-corrected chi connectivity index (χ0v) is 34.3. The number of aliphatic hydroxyl groups is 1. The van der Waals surface area contributed by atoms with Gasteiger partial charge < -0.3 is 29.1 Å². The van der Waals surface area contributed by atoms with Crippen LogP contribution in [0, 0.1) is 5.92 Å². The van der Waals surface area contributed by atoms with Gasteiger partial charge in [0.25, 0.3) is 11.8 Å². The van der Waals surface area contributed by atoms with Gasteiger partial charge in [-0.2, -0.15) is 0 Å². The maximum Gasteiger partial charge on any atom is 0.305 e. The molecule has 0 radical (unpaired) electrons. The number of likely N-dealkylation sites (tertiary alicyclic amines) is 1. The monoisotopic (exact) mass is 789 g/mol. The van der Waals surface area contributed by atoms with E-state index in [9.17, 15) is 19.5 Å². The SMILES string of the molecule is COC(=O)CCCCN1C(=O)[C@]2(O[C@H](CC(=O)N3CCC[C@H]3CO)[C@@H]([Si](C)(C)c3ccc(OC)cc3)[C@@H]2C)c2cc(N3C(=O)c4cccc5cccc3c45)ccc21. The first-order chi connectivity index (χ1) is 27.5. The van der Waals surface area contributed by atoms with Crippen molar-refractivity contribution in [3.05, 3.63) is 90.0 Å². The summed E-state index contributed by atoms with van der Waals surface area (Å²) in [5.74, 6) is -0.353. The molecule has 12 heteroatoms. The number of nitrogens with zero attached hydrogens (tertiary/aromatic N) is 3. The Morgan fingerprint density at radius 1 is 0.965 bits per heavy atom. The van der Waals surface area contributed by atoms with E-state index in [1.165, 1.54) is 7.11 Å². The number of fused-ring (bicyclic) bond motifs is 2. The molecular formula is C45H51N3O8Si. The summed E-state index contributed by atoms with van der Waals surface area (Å²) in [5, 5.41) is 13.2. The molecule has 0 bridgehead atoms. The van der Waals surface area contributed by atoms with Crippen molar-refractivity contribution in [2.75, 3.05) is 43.7 Å². The zero-order valence-electron chi connectivity index (χ0n) is 33.3. The first-order valence-corrected chi connectivity index (χ1v) is 23.2. The Balaban J connectivity index is 1.24. The maximum absolute atomic E-state index is 15.4. The Bertz CT molecular complexity index is 2240. The maximum atomic E-state index is 15.4. The van der Waals surface area contributed by atoms with Crippen LogP contribution in [-0.4, -0.2) is 87.8 Å². The number of carbonyl (C=O) groups excluding carboxylic acids is 4. The molecule has 3 amide bonds. The molecule has 4 aliphatic heterocycles. The second kappa shape index (κ2) is 15.0. The molecule has 11 nitrogen and oxygen atoms in total. The predicted molar refractivity (Wildman–Crippen MR) is 221 cm³/mol. The second-order valence-corrected chi connectivity index (χ2v) is 21.1. The molecule has 2 saturated heterocycles. The lowest BCUT2D eigenvalue weighted by Gasteiger charge is -2.37. The lowest BCUT2D eigenvalue weighted by molar-refractivity contribution is -0.150. The van der Waals surface area contributed by atoms with Crippen molar-refractivity contribution < 1.29 is 38.5 Å². The van der Waals surface area contributed by atoms with Crippen molar-refractivity contribution in [3.8, 4) is 5.75 Å². The molecule has 0 unspecified atom stereocenters. The fourth-order valence-corrected chi connectivity index (χ4v) is 14.3. The van der Waals surface area contributed by atoms with Crippen LogP contribution in [0.1, 0.15) is 61.4 Å². The summed E-state index contributed by atoms with van der Waals surface area (Å²) in [7, 11) is 0.443. The minimum Gasteiger partial charge on any atom is -0.497 e. The largest absolute Gasteiger partial charge is 0.497 e. The minimum atomic E-state index is -2.57. The van der Waals surface area contributed by atoms with Crippen molar-refractivity contribution in [1.82, 2.24) is 4.90 Å². The number of ether oxygens (including phenoxy) is 3. The Kier molecular flexibility index (Phi) is 10.2. The van der Waals surface area contributed by atoms with Crippen LogP contribution in [0.15, 0.2) is 78.9 Å². The number of anilines is 3. The Hall–Kier alpha value is -5.04. The molecule has 4 heterocycles. The molecule has 4 aromatic rings. The number of aliphatic hydroxyl groups excluding tert-OH is 1. The summed E-state index contributed by atoms with van der Waals surface area (Å²) in [5.41, 5.74) is 1.77. The van der Waals surface area contributed by atoms with Crippen molar-refractivity contribution in [1.29, 1.82) is 0 Å². The lowest BCUT2D eigenvalue weighted by atomic mass is 9.82. The van der Waals surface area contributed by atoms with Crippen LogP contribution in [-0.2, 0) is 29.5 Å². The molecule has 0 saturated carbocycles. The molecule has 2 fully saturated rings. The third-order valence-corrected chi connectivity index (χ3v) is 17.5. The van der Waals surface area contributed by atoms with E-state index in [0.29, 0.717) is 48.4 Å². The van der Waals surface area contributed by atoms with Gasteiger partial charge in [-0.1, -0.05) is 61.6 Å². The zero-order chi connectivity index (χ0) is 40.2. The van der Waals surface area contributed by atoms with Crippen LogP contribution < -0.4 is 19.7 Å². The molecule has 4 aromatic carbocycles. The van der Waals surface area contributed by atoms with E-state index in [2.05, 4.69) is 32.2 Å². The molecule has 57 heavy (non-hydrogen) atoms. The summed E-state index contributed by atoms with van der Waals surface area (Å²) in [6.07, 6.45) is 2.37. The molecule has 0 aliphatic carbocycles. The van der Waals surface area contributed by atoms with Gasteiger partial charge in [0, 0.05) is 42.1 Å². The number of rotatable bonds is 12. The van der Waals surface area contributed by atoms with E-state index >= 15 is 4.79 Å². The summed E-state index contributed by atoms with van der Waals surface area (Å²) < 4.78 is 17.7. The number of unbranched alkanes of at least 4 members (excludes halogenated alkanes) is 1. The standard InChI is InChI=1S/C45H51N3O8Si/c1-28-42(57(4,5)33-20-18-32(54-2)19-21-33)38(26-39(50)46-24-10-13-31(46)27-49)56-45(28)35-25-30(17-22-36(35)47(44(45)53)23-7-6-16-40(51)55-3)48-37-15-9-12-29-11-8-14-34(41(29)37)43(48)52/h8-9,11-12,14-15,17-22,25,28,31,38,42,49H,6-7,10,13,16,23-24,26-27H2,1-5H3/t28-,31-,38+,42-,45+/m0/s1. The lowest BCUT2D eigenvalue weighted by Crippen LogP contribution is -2.52. The Morgan fingerprint density at radius 3 is 2.44 bits per heavy atom. The topological polar surface area (TPSA) is 126 Å². The summed E-state index contributed by atoms with van der Waals surface area (Å²) in [6, 6.07) is 25.3. The number of methoxy groups -OCH3 is 2. The number of hydrogen-bond donors (Lipinski definition) is 1. The van der Waals surface area contributed by atoms with Gasteiger partial charge in [-0.05, 0) is 79.1 Å². The van der Waals surface area contributed by atoms with Crippen LogP contribution in [0.25, 0.3) is 10.8 Å². The molecule has 1 spiro atoms. The van der Waals surface area contributed by atoms with Gasteiger partial charge in [-0.3, -0.25) is 24.1 Å². The van der Waals surface area contributed by atoms with Crippen LogP contribution in [0.3, 0.4) is 0 Å². The first-order valence-electron chi connectivity index (χ1n) is 20.1.